The molecule has 0 fully saturated rings. The molecule has 148 valence electrons. The van der Waals surface area contributed by atoms with E-state index in [0.717, 1.165) is 27.7 Å². The van der Waals surface area contributed by atoms with Crippen molar-refractivity contribution in [3.8, 4) is 5.75 Å². The van der Waals surface area contributed by atoms with Crippen LogP contribution in [-0.2, 0) is 27.4 Å². The van der Waals surface area contributed by atoms with E-state index in [-0.39, 0.29) is 19.1 Å². The van der Waals surface area contributed by atoms with Crippen LogP contribution >= 0.6 is 11.6 Å². The van der Waals surface area contributed by atoms with Crippen molar-refractivity contribution < 1.29 is 19.1 Å². The van der Waals surface area contributed by atoms with Crippen molar-refractivity contribution in [1.29, 1.82) is 0 Å². The number of aromatic nitrogens is 1. The number of fused-ring (bicyclic) bond motifs is 2. The summed E-state index contributed by atoms with van der Waals surface area (Å²) in [5, 5.41) is 4.05. The summed E-state index contributed by atoms with van der Waals surface area (Å²) < 4.78 is 10.8. The number of benzene rings is 2. The molecule has 1 aromatic heterocycles. The SMILES string of the molecule is Cc1ccc2cc(COC(=O)COc3ccc4c(c3)CCC(=O)N4)c(Cl)nc2c1. The van der Waals surface area contributed by atoms with Crippen molar-refractivity contribution in [3.63, 3.8) is 0 Å². The number of amides is 1. The summed E-state index contributed by atoms with van der Waals surface area (Å²) in [6.07, 6.45) is 1.09. The van der Waals surface area contributed by atoms with Crippen LogP contribution in [0.25, 0.3) is 10.9 Å². The van der Waals surface area contributed by atoms with Crippen molar-refractivity contribution in [2.45, 2.75) is 26.4 Å². The first-order valence-electron chi connectivity index (χ1n) is 9.25. The lowest BCUT2D eigenvalue weighted by Crippen LogP contribution is -2.19. The molecule has 0 unspecified atom stereocenters. The molecule has 29 heavy (non-hydrogen) atoms. The summed E-state index contributed by atoms with van der Waals surface area (Å²) in [6.45, 7) is 1.79. The molecule has 0 saturated heterocycles. The fourth-order valence-electron chi connectivity index (χ4n) is 3.19. The number of pyridine rings is 1. The van der Waals surface area contributed by atoms with Crippen molar-refractivity contribution in [2.75, 3.05) is 11.9 Å². The van der Waals surface area contributed by atoms with Crippen molar-refractivity contribution in [1.82, 2.24) is 4.98 Å². The normalized spacial score (nSPS) is 13.0. The number of aryl methyl sites for hydroxylation is 2. The molecule has 4 rings (SSSR count). The Bertz CT molecular complexity index is 1110. The molecule has 7 heteroatoms. The predicted molar refractivity (Wildman–Crippen MR) is 110 cm³/mol. The summed E-state index contributed by atoms with van der Waals surface area (Å²) in [5.41, 5.74) is 4.31. The lowest BCUT2D eigenvalue weighted by atomic mass is 10.0. The van der Waals surface area contributed by atoms with Crippen LogP contribution in [-0.4, -0.2) is 23.5 Å². The number of ether oxygens (including phenoxy) is 2. The number of nitrogens with one attached hydrogen (secondary N) is 1. The second-order valence-electron chi connectivity index (χ2n) is 6.95. The molecule has 1 aliphatic heterocycles. The summed E-state index contributed by atoms with van der Waals surface area (Å²) in [6, 6.07) is 13.1. The smallest absolute Gasteiger partial charge is 0.344 e. The second-order valence-corrected chi connectivity index (χ2v) is 7.31. The van der Waals surface area contributed by atoms with Crippen LogP contribution in [0.1, 0.15) is 23.1 Å². The van der Waals surface area contributed by atoms with Crippen molar-refractivity contribution in [2.24, 2.45) is 0 Å². The molecule has 2 heterocycles. The van der Waals surface area contributed by atoms with Crippen LogP contribution in [0.3, 0.4) is 0 Å². The molecule has 0 radical (unpaired) electrons. The van der Waals surface area contributed by atoms with Gasteiger partial charge in [0.05, 0.1) is 5.52 Å². The lowest BCUT2D eigenvalue weighted by molar-refractivity contribution is -0.147. The number of carbonyl (C=O) groups excluding carboxylic acids is 2. The van der Waals surface area contributed by atoms with Gasteiger partial charge in [-0.15, -0.1) is 0 Å². The highest BCUT2D eigenvalue weighted by Crippen LogP contribution is 2.27. The predicted octanol–water partition coefficient (Wildman–Crippen LogP) is 4.20. The van der Waals surface area contributed by atoms with E-state index in [1.165, 1.54) is 0 Å². The van der Waals surface area contributed by atoms with Crippen LogP contribution in [0.4, 0.5) is 5.69 Å². The number of carbonyl (C=O) groups is 2. The van der Waals surface area contributed by atoms with Gasteiger partial charge >= 0.3 is 5.97 Å². The van der Waals surface area contributed by atoms with Gasteiger partial charge in [0.15, 0.2) is 6.61 Å². The van der Waals surface area contributed by atoms with Gasteiger partial charge in [0.2, 0.25) is 5.91 Å². The molecular formula is C22H19ClN2O4. The zero-order valence-electron chi connectivity index (χ0n) is 15.8. The Morgan fingerprint density at radius 1 is 1.17 bits per heavy atom. The number of hydrogen-bond acceptors (Lipinski definition) is 5. The van der Waals surface area contributed by atoms with E-state index in [1.807, 2.05) is 37.3 Å². The maximum Gasteiger partial charge on any atom is 0.344 e. The quantitative estimate of drug-likeness (QED) is 0.503. The van der Waals surface area contributed by atoms with E-state index in [1.54, 1.807) is 12.1 Å². The van der Waals surface area contributed by atoms with E-state index >= 15 is 0 Å². The van der Waals surface area contributed by atoms with Gasteiger partial charge in [0.25, 0.3) is 0 Å². The van der Waals surface area contributed by atoms with Crippen LogP contribution < -0.4 is 10.1 Å². The molecule has 1 aliphatic rings. The number of halogens is 1. The van der Waals surface area contributed by atoms with Gasteiger partial charge in [-0.2, -0.15) is 0 Å². The Kier molecular flexibility index (Phi) is 5.36. The van der Waals surface area contributed by atoms with Crippen molar-refractivity contribution >= 4 is 40.1 Å². The summed E-state index contributed by atoms with van der Waals surface area (Å²) in [7, 11) is 0. The Labute approximate surface area is 172 Å². The first-order chi connectivity index (χ1) is 14.0. The Balaban J connectivity index is 1.35. The third-order valence-electron chi connectivity index (χ3n) is 4.72. The Hall–Kier alpha value is -3.12. The molecule has 0 spiro atoms. The average molecular weight is 411 g/mol. The average Bonchev–Trinajstić information content (AvgIpc) is 2.70. The number of esters is 1. The van der Waals surface area contributed by atoms with Crippen LogP contribution in [0.5, 0.6) is 5.75 Å². The van der Waals surface area contributed by atoms with Crippen molar-refractivity contribution in [3.05, 3.63) is 64.3 Å². The Morgan fingerprint density at radius 3 is 2.90 bits per heavy atom. The monoisotopic (exact) mass is 410 g/mol. The van der Waals surface area contributed by atoms with Crippen LogP contribution in [0.15, 0.2) is 42.5 Å². The molecule has 3 aromatic rings. The van der Waals surface area contributed by atoms with Gasteiger partial charge in [-0.1, -0.05) is 23.7 Å². The van der Waals surface area contributed by atoms with Gasteiger partial charge in [-0.25, -0.2) is 9.78 Å². The number of hydrogen-bond donors (Lipinski definition) is 1. The maximum atomic E-state index is 12.1. The molecule has 0 saturated carbocycles. The van der Waals surface area contributed by atoms with Gasteiger partial charge < -0.3 is 14.8 Å². The highest BCUT2D eigenvalue weighted by atomic mass is 35.5. The molecular weight excluding hydrogens is 392 g/mol. The number of rotatable bonds is 5. The van der Waals surface area contributed by atoms with Gasteiger partial charge in [0.1, 0.15) is 17.5 Å². The fourth-order valence-corrected chi connectivity index (χ4v) is 3.39. The minimum Gasteiger partial charge on any atom is -0.482 e. The molecule has 0 bridgehead atoms. The largest absolute Gasteiger partial charge is 0.482 e. The zero-order chi connectivity index (χ0) is 20.4. The third-order valence-corrected chi connectivity index (χ3v) is 5.04. The maximum absolute atomic E-state index is 12.1. The third kappa shape index (κ3) is 4.49. The lowest BCUT2D eigenvalue weighted by Gasteiger charge is -2.17. The fraction of sp³-hybridized carbons (Fsp3) is 0.227. The Morgan fingerprint density at radius 2 is 2.03 bits per heavy atom. The van der Waals surface area contributed by atoms with Crippen LogP contribution in [0, 0.1) is 6.92 Å². The minimum atomic E-state index is -0.504. The highest BCUT2D eigenvalue weighted by Gasteiger charge is 2.16. The molecule has 2 aromatic carbocycles. The summed E-state index contributed by atoms with van der Waals surface area (Å²) in [5.74, 6) is 0.0560. The van der Waals surface area contributed by atoms with Gasteiger partial charge in [-0.05, 0) is 54.8 Å². The van der Waals surface area contributed by atoms with E-state index in [0.29, 0.717) is 29.3 Å². The molecule has 1 amide bonds. The minimum absolute atomic E-state index is 0.00622. The molecule has 6 nitrogen and oxygen atoms in total. The van der Waals surface area contributed by atoms with Gasteiger partial charge in [0, 0.05) is 23.1 Å². The standard InChI is InChI=1S/C22H19ClN2O4/c1-13-2-3-14-9-16(22(23)25-19(14)8-13)11-29-21(27)12-28-17-5-6-18-15(10-17)4-7-20(26)24-18/h2-3,5-6,8-10H,4,7,11-12H2,1H3,(H,24,26). The van der Waals surface area contributed by atoms with Crippen LogP contribution in [0.2, 0.25) is 5.15 Å². The van der Waals surface area contributed by atoms with E-state index in [4.69, 9.17) is 21.1 Å². The van der Waals surface area contributed by atoms with Gasteiger partial charge in [-0.3, -0.25) is 4.79 Å². The second kappa shape index (κ2) is 8.09. The molecule has 0 aliphatic carbocycles. The van der Waals surface area contributed by atoms with E-state index in [2.05, 4.69) is 10.3 Å². The van der Waals surface area contributed by atoms with E-state index in [9.17, 15) is 9.59 Å². The summed E-state index contributed by atoms with van der Waals surface area (Å²) >= 11 is 6.23. The first-order valence-corrected chi connectivity index (χ1v) is 9.63. The zero-order valence-corrected chi connectivity index (χ0v) is 16.6. The molecule has 0 atom stereocenters. The van der Waals surface area contributed by atoms with E-state index < -0.39 is 5.97 Å². The highest BCUT2D eigenvalue weighted by molar-refractivity contribution is 6.30. The topological polar surface area (TPSA) is 77.5 Å². The first kappa shape index (κ1) is 19.2. The summed E-state index contributed by atoms with van der Waals surface area (Å²) in [4.78, 5) is 27.8. The number of nitrogens with zero attached hydrogens (tertiary/aromatic N) is 1. The number of anilines is 1. The molecule has 1 N–H and O–H groups in total.